The standard InChI is InChI=1S/C13H24N2/c1-12(2,3)15-10-6-13(7-11-15)4-8-14-9-5-13/h6,10,14H,4-5,7-9,11H2,1-3H3. The van der Waals surface area contributed by atoms with Gasteiger partial charge in [0, 0.05) is 12.1 Å². The van der Waals surface area contributed by atoms with Crippen LogP contribution in [-0.4, -0.2) is 30.1 Å². The van der Waals surface area contributed by atoms with Gasteiger partial charge < -0.3 is 10.2 Å². The first-order valence-corrected chi connectivity index (χ1v) is 6.19. The fourth-order valence-corrected chi connectivity index (χ4v) is 2.65. The third-order valence-electron chi connectivity index (χ3n) is 3.92. The molecule has 2 rings (SSSR count). The van der Waals surface area contributed by atoms with Crippen molar-refractivity contribution in [1.82, 2.24) is 10.2 Å². The quantitative estimate of drug-likeness (QED) is 0.657. The Morgan fingerprint density at radius 1 is 1.13 bits per heavy atom. The molecule has 0 aromatic heterocycles. The van der Waals surface area contributed by atoms with Crippen molar-refractivity contribution in [3.05, 3.63) is 12.3 Å². The second kappa shape index (κ2) is 3.82. The first-order valence-electron chi connectivity index (χ1n) is 6.19. The van der Waals surface area contributed by atoms with Crippen LogP contribution < -0.4 is 5.32 Å². The summed E-state index contributed by atoms with van der Waals surface area (Å²) in [4.78, 5) is 2.47. The highest BCUT2D eigenvalue weighted by Gasteiger charge is 2.33. The zero-order valence-corrected chi connectivity index (χ0v) is 10.3. The molecule has 0 amide bonds. The molecule has 1 saturated heterocycles. The molecule has 2 heteroatoms. The van der Waals surface area contributed by atoms with Crippen molar-refractivity contribution in [2.75, 3.05) is 19.6 Å². The molecule has 2 aliphatic heterocycles. The molecule has 1 spiro atoms. The first-order chi connectivity index (χ1) is 7.02. The van der Waals surface area contributed by atoms with Gasteiger partial charge in [-0.3, -0.25) is 0 Å². The van der Waals surface area contributed by atoms with E-state index in [9.17, 15) is 0 Å². The van der Waals surface area contributed by atoms with Gasteiger partial charge in [0.1, 0.15) is 0 Å². The summed E-state index contributed by atoms with van der Waals surface area (Å²) in [6, 6.07) is 0. The van der Waals surface area contributed by atoms with Crippen molar-refractivity contribution in [3.63, 3.8) is 0 Å². The average molecular weight is 208 g/mol. The second-order valence-electron chi connectivity index (χ2n) is 6.04. The van der Waals surface area contributed by atoms with Crippen LogP contribution >= 0.6 is 0 Å². The molecule has 0 aromatic carbocycles. The molecule has 0 radical (unpaired) electrons. The van der Waals surface area contributed by atoms with Crippen LogP contribution in [0.1, 0.15) is 40.0 Å². The van der Waals surface area contributed by atoms with Crippen LogP contribution in [0.15, 0.2) is 12.3 Å². The number of rotatable bonds is 0. The molecule has 0 unspecified atom stereocenters. The van der Waals surface area contributed by atoms with E-state index in [2.05, 4.69) is 43.3 Å². The molecular weight excluding hydrogens is 184 g/mol. The van der Waals surface area contributed by atoms with Crippen LogP contribution in [0.2, 0.25) is 0 Å². The lowest BCUT2D eigenvalue weighted by molar-refractivity contribution is 0.135. The largest absolute Gasteiger partial charge is 0.373 e. The normalized spacial score (nSPS) is 25.9. The van der Waals surface area contributed by atoms with E-state index < -0.39 is 0 Å². The minimum Gasteiger partial charge on any atom is -0.373 e. The van der Waals surface area contributed by atoms with Crippen LogP contribution in [0.25, 0.3) is 0 Å². The Balaban J connectivity index is 2.04. The van der Waals surface area contributed by atoms with Gasteiger partial charge >= 0.3 is 0 Å². The Morgan fingerprint density at radius 2 is 1.80 bits per heavy atom. The van der Waals surface area contributed by atoms with Crippen LogP contribution in [0, 0.1) is 5.41 Å². The SMILES string of the molecule is CC(C)(C)N1C=CC2(CCNCC2)CC1. The lowest BCUT2D eigenvalue weighted by Gasteiger charge is -2.45. The van der Waals surface area contributed by atoms with Crippen LogP contribution in [0.5, 0.6) is 0 Å². The van der Waals surface area contributed by atoms with Crippen molar-refractivity contribution < 1.29 is 0 Å². The molecule has 0 aromatic rings. The van der Waals surface area contributed by atoms with E-state index in [0.29, 0.717) is 5.41 Å². The predicted octanol–water partition coefficient (Wildman–Crippen LogP) is 2.37. The first kappa shape index (κ1) is 11.0. The van der Waals surface area contributed by atoms with Gasteiger partial charge in [-0.2, -0.15) is 0 Å². The summed E-state index contributed by atoms with van der Waals surface area (Å²) >= 11 is 0. The Morgan fingerprint density at radius 3 is 2.27 bits per heavy atom. The Hall–Kier alpha value is -0.500. The van der Waals surface area contributed by atoms with Crippen LogP contribution in [0.4, 0.5) is 0 Å². The van der Waals surface area contributed by atoms with E-state index in [1.807, 2.05) is 0 Å². The summed E-state index contributed by atoms with van der Waals surface area (Å²) in [6.45, 7) is 10.5. The molecule has 0 aliphatic carbocycles. The predicted molar refractivity (Wildman–Crippen MR) is 64.8 cm³/mol. The van der Waals surface area contributed by atoms with E-state index in [4.69, 9.17) is 0 Å². The molecular formula is C13H24N2. The van der Waals surface area contributed by atoms with E-state index >= 15 is 0 Å². The molecule has 2 nitrogen and oxygen atoms in total. The summed E-state index contributed by atoms with van der Waals surface area (Å²) in [5.74, 6) is 0. The van der Waals surface area contributed by atoms with Crippen molar-refractivity contribution in [3.8, 4) is 0 Å². The highest BCUT2D eigenvalue weighted by Crippen LogP contribution is 2.38. The maximum atomic E-state index is 3.45. The summed E-state index contributed by atoms with van der Waals surface area (Å²) in [7, 11) is 0. The fourth-order valence-electron chi connectivity index (χ4n) is 2.65. The summed E-state index contributed by atoms with van der Waals surface area (Å²) in [6.07, 6.45) is 8.79. The summed E-state index contributed by atoms with van der Waals surface area (Å²) < 4.78 is 0. The number of allylic oxidation sites excluding steroid dienone is 1. The average Bonchev–Trinajstić information content (AvgIpc) is 2.18. The molecule has 2 aliphatic rings. The number of hydrogen-bond donors (Lipinski definition) is 1. The number of nitrogens with zero attached hydrogens (tertiary/aromatic N) is 1. The van der Waals surface area contributed by atoms with Gasteiger partial charge in [0.15, 0.2) is 0 Å². The summed E-state index contributed by atoms with van der Waals surface area (Å²) in [5, 5.41) is 3.45. The monoisotopic (exact) mass is 208 g/mol. The second-order valence-corrected chi connectivity index (χ2v) is 6.04. The van der Waals surface area contributed by atoms with E-state index in [-0.39, 0.29) is 5.54 Å². The highest BCUT2D eigenvalue weighted by molar-refractivity contribution is 5.07. The highest BCUT2D eigenvalue weighted by atomic mass is 15.2. The minimum absolute atomic E-state index is 0.283. The third-order valence-corrected chi connectivity index (χ3v) is 3.92. The number of piperidine rings is 1. The topological polar surface area (TPSA) is 15.3 Å². The van der Waals surface area contributed by atoms with Crippen molar-refractivity contribution in [2.24, 2.45) is 5.41 Å². The molecule has 86 valence electrons. The summed E-state index contributed by atoms with van der Waals surface area (Å²) in [5.41, 5.74) is 0.804. The molecule has 0 saturated carbocycles. The van der Waals surface area contributed by atoms with Gasteiger partial charge in [0.05, 0.1) is 0 Å². The minimum atomic E-state index is 0.283. The van der Waals surface area contributed by atoms with E-state index in [1.54, 1.807) is 0 Å². The zero-order valence-electron chi connectivity index (χ0n) is 10.3. The molecule has 0 atom stereocenters. The van der Waals surface area contributed by atoms with Gasteiger partial charge in [0.25, 0.3) is 0 Å². The molecule has 15 heavy (non-hydrogen) atoms. The molecule has 0 bridgehead atoms. The Kier molecular flexibility index (Phi) is 2.80. The van der Waals surface area contributed by atoms with Crippen molar-refractivity contribution in [1.29, 1.82) is 0 Å². The molecule has 2 heterocycles. The van der Waals surface area contributed by atoms with E-state index in [0.717, 1.165) is 0 Å². The molecule has 1 N–H and O–H groups in total. The van der Waals surface area contributed by atoms with Gasteiger partial charge in [-0.1, -0.05) is 6.08 Å². The number of hydrogen-bond acceptors (Lipinski definition) is 2. The molecule has 1 fully saturated rings. The van der Waals surface area contributed by atoms with Crippen LogP contribution in [0.3, 0.4) is 0 Å². The van der Waals surface area contributed by atoms with Gasteiger partial charge in [-0.05, 0) is 64.7 Å². The lowest BCUT2D eigenvalue weighted by atomic mass is 9.74. The van der Waals surface area contributed by atoms with Crippen molar-refractivity contribution in [2.45, 2.75) is 45.6 Å². The van der Waals surface area contributed by atoms with Crippen LogP contribution in [-0.2, 0) is 0 Å². The lowest BCUT2D eigenvalue weighted by Crippen LogP contribution is -2.45. The maximum absolute atomic E-state index is 3.45. The van der Waals surface area contributed by atoms with Gasteiger partial charge in [-0.15, -0.1) is 0 Å². The zero-order chi connectivity index (χ0) is 10.9. The number of nitrogens with one attached hydrogen (secondary N) is 1. The van der Waals surface area contributed by atoms with Crippen molar-refractivity contribution >= 4 is 0 Å². The Bertz CT molecular complexity index is 244. The van der Waals surface area contributed by atoms with Gasteiger partial charge in [-0.25, -0.2) is 0 Å². The Labute approximate surface area is 93.7 Å². The maximum Gasteiger partial charge on any atom is 0.0312 e. The van der Waals surface area contributed by atoms with E-state index in [1.165, 1.54) is 38.9 Å². The smallest absolute Gasteiger partial charge is 0.0312 e. The van der Waals surface area contributed by atoms with Gasteiger partial charge in [0.2, 0.25) is 0 Å². The fraction of sp³-hybridized carbons (Fsp3) is 0.846. The third kappa shape index (κ3) is 2.36.